The Kier molecular flexibility index (Phi) is 4.44. The minimum atomic E-state index is 0.275. The average Bonchev–Trinajstić information content (AvgIpc) is 2.95. The van der Waals surface area contributed by atoms with Crippen LogP contribution in [0.2, 0.25) is 0 Å². The molecule has 5 rings (SSSR count). The maximum atomic E-state index is 13.1. The number of rotatable bonds is 3. The number of carbonyl (C=O) groups is 1. The number of nitrogens with one attached hydrogen (secondary N) is 1. The molecule has 3 aliphatic rings. The number of nitrogens with zero attached hydrogens (tertiary/aromatic N) is 3. The van der Waals surface area contributed by atoms with E-state index in [9.17, 15) is 4.79 Å². The Morgan fingerprint density at radius 2 is 1.93 bits per heavy atom. The van der Waals surface area contributed by atoms with Gasteiger partial charge in [-0.05, 0) is 24.5 Å². The lowest BCUT2D eigenvalue weighted by atomic mass is 9.89. The Bertz CT molecular complexity index is 845. The zero-order chi connectivity index (χ0) is 18.4. The van der Waals surface area contributed by atoms with Crippen LogP contribution in [0, 0.1) is 0 Å². The number of hydrogen-bond acceptors (Lipinski definition) is 3. The second-order valence-electron chi connectivity index (χ2n) is 8.47. The van der Waals surface area contributed by atoms with Crippen LogP contribution in [0.1, 0.15) is 42.9 Å². The third-order valence-electron chi connectivity index (χ3n) is 7.04. The molecule has 1 aromatic carbocycles. The number of piperazine rings is 1. The highest BCUT2D eigenvalue weighted by atomic mass is 16.2. The molecular weight excluding hydrogens is 336 g/mol. The zero-order valence-corrected chi connectivity index (χ0v) is 16.3. The number of aryl methyl sites for hydroxylation is 1. The fourth-order valence-electron chi connectivity index (χ4n) is 5.21. The van der Waals surface area contributed by atoms with Crippen molar-refractivity contribution in [1.29, 1.82) is 0 Å². The van der Waals surface area contributed by atoms with Gasteiger partial charge in [0.05, 0.1) is 0 Å². The number of amides is 1. The summed E-state index contributed by atoms with van der Waals surface area (Å²) in [6.45, 7) is 5.70. The highest BCUT2D eigenvalue weighted by molar-refractivity contribution is 5.87. The SMILES string of the molecule is Cn1c2c(c3ccccc31)C(CC(=O)N1CCN(C3CCC3)CC1)CNC2. The highest BCUT2D eigenvalue weighted by Crippen LogP contribution is 2.36. The Morgan fingerprint density at radius 3 is 2.67 bits per heavy atom. The van der Waals surface area contributed by atoms with Gasteiger partial charge in [-0.2, -0.15) is 0 Å². The van der Waals surface area contributed by atoms with Crippen LogP contribution in [0.3, 0.4) is 0 Å². The van der Waals surface area contributed by atoms with Crippen molar-refractivity contribution in [3.8, 4) is 0 Å². The molecule has 0 bridgehead atoms. The van der Waals surface area contributed by atoms with E-state index < -0.39 is 0 Å². The first-order chi connectivity index (χ1) is 13.2. The van der Waals surface area contributed by atoms with E-state index in [1.165, 1.54) is 41.4 Å². The first kappa shape index (κ1) is 17.3. The number of carbonyl (C=O) groups excluding carboxylic acids is 1. The molecule has 1 N–H and O–H groups in total. The van der Waals surface area contributed by atoms with Crippen LogP contribution in [0.4, 0.5) is 0 Å². The summed E-state index contributed by atoms with van der Waals surface area (Å²) in [4.78, 5) is 17.8. The van der Waals surface area contributed by atoms with Gasteiger partial charge in [0, 0.05) is 81.3 Å². The number of para-hydroxylation sites is 1. The molecule has 0 radical (unpaired) electrons. The van der Waals surface area contributed by atoms with E-state index in [-0.39, 0.29) is 5.92 Å². The third kappa shape index (κ3) is 2.97. The van der Waals surface area contributed by atoms with E-state index in [2.05, 4.69) is 51.0 Å². The predicted molar refractivity (Wildman–Crippen MR) is 108 cm³/mol. The van der Waals surface area contributed by atoms with E-state index in [0.29, 0.717) is 12.3 Å². The molecule has 2 fully saturated rings. The average molecular weight is 367 g/mol. The van der Waals surface area contributed by atoms with Crippen LogP contribution in [0.25, 0.3) is 10.9 Å². The van der Waals surface area contributed by atoms with Crippen LogP contribution in [-0.4, -0.2) is 59.0 Å². The molecule has 5 heteroatoms. The quantitative estimate of drug-likeness (QED) is 0.907. The molecule has 0 spiro atoms. The monoisotopic (exact) mass is 366 g/mol. The minimum Gasteiger partial charge on any atom is -0.346 e. The highest BCUT2D eigenvalue weighted by Gasteiger charge is 2.32. The van der Waals surface area contributed by atoms with Gasteiger partial charge >= 0.3 is 0 Å². The van der Waals surface area contributed by atoms with E-state index in [1.807, 2.05) is 0 Å². The summed E-state index contributed by atoms with van der Waals surface area (Å²) in [5, 5.41) is 4.86. The van der Waals surface area contributed by atoms with E-state index in [0.717, 1.165) is 45.3 Å². The van der Waals surface area contributed by atoms with Crippen LogP contribution < -0.4 is 5.32 Å². The van der Waals surface area contributed by atoms with Gasteiger partial charge in [-0.3, -0.25) is 9.69 Å². The Hall–Kier alpha value is -1.85. The number of hydrogen-bond donors (Lipinski definition) is 1. The van der Waals surface area contributed by atoms with Crippen LogP contribution in [0.5, 0.6) is 0 Å². The van der Waals surface area contributed by atoms with Crippen molar-refractivity contribution in [3.05, 3.63) is 35.5 Å². The lowest BCUT2D eigenvalue weighted by molar-refractivity contribution is -0.134. The smallest absolute Gasteiger partial charge is 0.223 e. The summed E-state index contributed by atoms with van der Waals surface area (Å²) in [6.07, 6.45) is 4.71. The normalized spacial score (nSPS) is 24.0. The molecule has 1 saturated heterocycles. The Labute approximate surface area is 161 Å². The molecule has 1 aromatic heterocycles. The van der Waals surface area contributed by atoms with Gasteiger partial charge in [-0.1, -0.05) is 24.6 Å². The van der Waals surface area contributed by atoms with Crippen molar-refractivity contribution >= 4 is 16.8 Å². The molecule has 2 aromatic rings. The number of aromatic nitrogens is 1. The lowest BCUT2D eigenvalue weighted by Gasteiger charge is -2.43. The van der Waals surface area contributed by atoms with Gasteiger partial charge in [0.25, 0.3) is 0 Å². The molecule has 1 aliphatic carbocycles. The van der Waals surface area contributed by atoms with Crippen molar-refractivity contribution in [2.45, 2.75) is 44.2 Å². The van der Waals surface area contributed by atoms with Crippen molar-refractivity contribution in [3.63, 3.8) is 0 Å². The molecule has 144 valence electrons. The molecule has 3 heterocycles. The number of benzene rings is 1. The van der Waals surface area contributed by atoms with E-state index in [4.69, 9.17) is 0 Å². The van der Waals surface area contributed by atoms with Gasteiger partial charge in [-0.25, -0.2) is 0 Å². The summed E-state index contributed by atoms with van der Waals surface area (Å²) in [6, 6.07) is 9.41. The molecule has 1 amide bonds. The van der Waals surface area contributed by atoms with Gasteiger partial charge in [0.2, 0.25) is 5.91 Å². The van der Waals surface area contributed by atoms with Crippen molar-refractivity contribution in [2.24, 2.45) is 7.05 Å². The molecule has 1 atom stereocenters. The predicted octanol–water partition coefficient (Wildman–Crippen LogP) is 2.45. The fraction of sp³-hybridized carbons (Fsp3) is 0.591. The van der Waals surface area contributed by atoms with Gasteiger partial charge in [-0.15, -0.1) is 0 Å². The van der Waals surface area contributed by atoms with Gasteiger partial charge < -0.3 is 14.8 Å². The maximum Gasteiger partial charge on any atom is 0.223 e. The Balaban J connectivity index is 1.31. The molecule has 2 aliphatic heterocycles. The maximum absolute atomic E-state index is 13.1. The molecule has 27 heavy (non-hydrogen) atoms. The number of fused-ring (bicyclic) bond motifs is 3. The largest absolute Gasteiger partial charge is 0.346 e. The molecule has 1 saturated carbocycles. The minimum absolute atomic E-state index is 0.275. The zero-order valence-electron chi connectivity index (χ0n) is 16.3. The first-order valence-corrected chi connectivity index (χ1v) is 10.5. The van der Waals surface area contributed by atoms with Crippen LogP contribution in [0.15, 0.2) is 24.3 Å². The second-order valence-corrected chi connectivity index (χ2v) is 8.47. The molecular formula is C22H30N4O. The summed E-state index contributed by atoms with van der Waals surface area (Å²) < 4.78 is 2.30. The Morgan fingerprint density at radius 1 is 1.15 bits per heavy atom. The van der Waals surface area contributed by atoms with E-state index in [1.54, 1.807) is 0 Å². The summed E-state index contributed by atoms with van der Waals surface area (Å²) in [5.74, 6) is 0.604. The standard InChI is InChI=1S/C22H30N4O/c1-24-19-8-3-2-7-18(19)22-16(14-23-15-20(22)24)13-21(27)26-11-9-25(10-12-26)17-5-4-6-17/h2-3,7-8,16-17,23H,4-6,9-15H2,1H3. The van der Waals surface area contributed by atoms with Crippen molar-refractivity contribution < 1.29 is 4.79 Å². The van der Waals surface area contributed by atoms with Gasteiger partial charge in [0.1, 0.15) is 0 Å². The molecule has 5 nitrogen and oxygen atoms in total. The topological polar surface area (TPSA) is 40.5 Å². The first-order valence-electron chi connectivity index (χ1n) is 10.5. The van der Waals surface area contributed by atoms with Crippen LogP contribution >= 0.6 is 0 Å². The van der Waals surface area contributed by atoms with Crippen molar-refractivity contribution in [1.82, 2.24) is 19.7 Å². The lowest BCUT2D eigenvalue weighted by Crippen LogP contribution is -2.53. The van der Waals surface area contributed by atoms with E-state index >= 15 is 0 Å². The second kappa shape index (κ2) is 6.95. The summed E-state index contributed by atoms with van der Waals surface area (Å²) in [5.41, 5.74) is 4.01. The fourth-order valence-corrected chi connectivity index (χ4v) is 5.21. The molecule has 1 unspecified atom stereocenters. The van der Waals surface area contributed by atoms with Gasteiger partial charge in [0.15, 0.2) is 0 Å². The summed E-state index contributed by atoms with van der Waals surface area (Å²) >= 11 is 0. The summed E-state index contributed by atoms with van der Waals surface area (Å²) in [7, 11) is 2.15. The van der Waals surface area contributed by atoms with Crippen molar-refractivity contribution in [2.75, 3.05) is 32.7 Å². The van der Waals surface area contributed by atoms with Crippen LogP contribution in [-0.2, 0) is 18.4 Å². The third-order valence-corrected chi connectivity index (χ3v) is 7.04.